The summed E-state index contributed by atoms with van der Waals surface area (Å²) in [5, 5.41) is 6.37. The summed E-state index contributed by atoms with van der Waals surface area (Å²) in [6, 6.07) is 24.8. The van der Waals surface area contributed by atoms with Crippen LogP contribution in [0.15, 0.2) is 78.2 Å². The van der Waals surface area contributed by atoms with E-state index in [-0.39, 0.29) is 5.91 Å². The number of fused-ring (bicyclic) bond motifs is 1. The lowest BCUT2D eigenvalue weighted by molar-refractivity contribution is 0.102. The van der Waals surface area contributed by atoms with Crippen LogP contribution in [0, 0.1) is 0 Å². The summed E-state index contributed by atoms with van der Waals surface area (Å²) in [6.07, 6.45) is 3.83. The first kappa shape index (κ1) is 20.0. The number of thiophene rings is 1. The summed E-state index contributed by atoms with van der Waals surface area (Å²) in [5.41, 5.74) is 5.17. The highest BCUT2D eigenvalue weighted by Gasteiger charge is 2.16. The molecule has 31 heavy (non-hydrogen) atoms. The van der Waals surface area contributed by atoms with E-state index in [0.717, 1.165) is 25.3 Å². The molecule has 2 heterocycles. The third-order valence-corrected chi connectivity index (χ3v) is 6.89. The fourth-order valence-electron chi connectivity index (χ4n) is 4.36. The molecule has 1 saturated heterocycles. The number of carbonyl (C=O) groups excluding carboxylic acids is 1. The standard InChI is InChI=1S/C27H26N2OS/c30-27(28-24-11-9-21-13-16-31-26(21)18-24)22-10-12-25(20-7-3-1-4-8-20)23(17-22)19-29-14-5-2-6-15-29/h1,3-4,7-13,16-18H,2,5-6,14-15,19H2,(H,28,30). The summed E-state index contributed by atoms with van der Waals surface area (Å²) in [4.78, 5) is 15.6. The summed E-state index contributed by atoms with van der Waals surface area (Å²) >= 11 is 1.69. The molecule has 1 N–H and O–H groups in total. The fraction of sp³-hybridized carbons (Fsp3) is 0.222. The van der Waals surface area contributed by atoms with Crippen LogP contribution in [-0.4, -0.2) is 23.9 Å². The van der Waals surface area contributed by atoms with Crippen LogP contribution in [0.4, 0.5) is 5.69 Å². The zero-order valence-corrected chi connectivity index (χ0v) is 18.3. The second kappa shape index (κ2) is 9.04. The van der Waals surface area contributed by atoms with E-state index in [1.165, 1.54) is 46.0 Å². The van der Waals surface area contributed by atoms with E-state index in [1.54, 1.807) is 11.3 Å². The SMILES string of the molecule is O=C(Nc1ccc2ccsc2c1)c1ccc(-c2ccccc2)c(CN2CCCCC2)c1. The maximum atomic E-state index is 13.1. The first-order valence-electron chi connectivity index (χ1n) is 11.0. The van der Waals surface area contributed by atoms with E-state index in [4.69, 9.17) is 0 Å². The van der Waals surface area contributed by atoms with Crippen molar-refractivity contribution in [3.63, 3.8) is 0 Å². The van der Waals surface area contributed by atoms with Crippen LogP contribution in [0.25, 0.3) is 21.2 Å². The van der Waals surface area contributed by atoms with Gasteiger partial charge in [0.1, 0.15) is 0 Å². The Morgan fingerprint density at radius 1 is 0.903 bits per heavy atom. The van der Waals surface area contributed by atoms with Crippen molar-refractivity contribution in [1.29, 1.82) is 0 Å². The Bertz CT molecular complexity index is 1190. The smallest absolute Gasteiger partial charge is 0.255 e. The maximum absolute atomic E-state index is 13.1. The normalized spacial score (nSPS) is 14.6. The topological polar surface area (TPSA) is 32.3 Å². The van der Waals surface area contributed by atoms with E-state index in [1.807, 2.05) is 24.3 Å². The molecule has 4 aromatic rings. The van der Waals surface area contributed by atoms with Gasteiger partial charge in [-0.25, -0.2) is 0 Å². The third kappa shape index (κ3) is 4.55. The third-order valence-electron chi connectivity index (χ3n) is 6.01. The summed E-state index contributed by atoms with van der Waals surface area (Å²) in [7, 11) is 0. The van der Waals surface area contributed by atoms with Crippen molar-refractivity contribution in [2.75, 3.05) is 18.4 Å². The van der Waals surface area contributed by atoms with Crippen LogP contribution < -0.4 is 5.32 Å². The maximum Gasteiger partial charge on any atom is 0.255 e. The van der Waals surface area contributed by atoms with Gasteiger partial charge >= 0.3 is 0 Å². The molecular weight excluding hydrogens is 400 g/mol. The molecule has 0 atom stereocenters. The Morgan fingerprint density at radius 2 is 1.74 bits per heavy atom. The minimum absolute atomic E-state index is 0.0598. The van der Waals surface area contributed by atoms with Crippen molar-refractivity contribution in [2.24, 2.45) is 0 Å². The molecule has 3 nitrogen and oxygen atoms in total. The quantitative estimate of drug-likeness (QED) is 0.380. The zero-order valence-electron chi connectivity index (χ0n) is 17.5. The number of hydrogen-bond acceptors (Lipinski definition) is 3. The highest BCUT2D eigenvalue weighted by Crippen LogP contribution is 2.28. The summed E-state index contributed by atoms with van der Waals surface area (Å²) in [5.74, 6) is -0.0598. The molecule has 0 spiro atoms. The van der Waals surface area contributed by atoms with E-state index in [0.29, 0.717) is 5.56 Å². The van der Waals surface area contributed by atoms with Gasteiger partial charge in [-0.05, 0) is 83.7 Å². The number of anilines is 1. The Labute approximate surface area is 187 Å². The van der Waals surface area contributed by atoms with Crippen LogP contribution in [0.5, 0.6) is 0 Å². The van der Waals surface area contributed by atoms with Crippen molar-refractivity contribution in [3.05, 3.63) is 89.3 Å². The van der Waals surface area contributed by atoms with Crippen LogP contribution in [0.1, 0.15) is 35.2 Å². The van der Waals surface area contributed by atoms with Crippen molar-refractivity contribution < 1.29 is 4.79 Å². The Kier molecular flexibility index (Phi) is 5.83. The van der Waals surface area contributed by atoms with Crippen molar-refractivity contribution in [2.45, 2.75) is 25.8 Å². The second-order valence-electron chi connectivity index (χ2n) is 8.20. The number of hydrogen-bond donors (Lipinski definition) is 1. The lowest BCUT2D eigenvalue weighted by Gasteiger charge is -2.27. The molecule has 156 valence electrons. The number of piperidine rings is 1. The van der Waals surface area contributed by atoms with Crippen LogP contribution >= 0.6 is 11.3 Å². The molecule has 0 bridgehead atoms. The van der Waals surface area contributed by atoms with Crippen molar-refractivity contribution in [3.8, 4) is 11.1 Å². The number of benzene rings is 3. The Balaban J connectivity index is 1.43. The number of amides is 1. The van der Waals surface area contributed by atoms with Gasteiger partial charge in [0.25, 0.3) is 5.91 Å². The van der Waals surface area contributed by atoms with Gasteiger partial charge in [-0.1, -0.05) is 48.9 Å². The zero-order chi connectivity index (χ0) is 21.0. The molecule has 0 unspecified atom stereocenters. The van der Waals surface area contributed by atoms with Gasteiger partial charge in [-0.2, -0.15) is 0 Å². The molecule has 1 amide bonds. The monoisotopic (exact) mass is 426 g/mol. The average molecular weight is 427 g/mol. The van der Waals surface area contributed by atoms with Gasteiger partial charge in [0, 0.05) is 22.5 Å². The van der Waals surface area contributed by atoms with Gasteiger partial charge < -0.3 is 5.32 Å². The fourth-order valence-corrected chi connectivity index (χ4v) is 5.19. The van der Waals surface area contributed by atoms with Gasteiger partial charge in [0.05, 0.1) is 0 Å². The molecule has 4 heteroatoms. The van der Waals surface area contributed by atoms with E-state index in [9.17, 15) is 4.79 Å². The van der Waals surface area contributed by atoms with E-state index in [2.05, 4.69) is 64.1 Å². The van der Waals surface area contributed by atoms with Crippen LogP contribution in [0.3, 0.4) is 0 Å². The predicted molar refractivity (Wildman–Crippen MR) is 131 cm³/mol. The second-order valence-corrected chi connectivity index (χ2v) is 9.15. The summed E-state index contributed by atoms with van der Waals surface area (Å²) in [6.45, 7) is 3.14. The number of rotatable bonds is 5. The number of nitrogens with zero attached hydrogens (tertiary/aromatic N) is 1. The Morgan fingerprint density at radius 3 is 2.58 bits per heavy atom. The minimum Gasteiger partial charge on any atom is -0.322 e. The number of carbonyl (C=O) groups is 1. The molecule has 0 radical (unpaired) electrons. The highest BCUT2D eigenvalue weighted by molar-refractivity contribution is 7.17. The van der Waals surface area contributed by atoms with Crippen molar-refractivity contribution in [1.82, 2.24) is 4.90 Å². The lowest BCUT2D eigenvalue weighted by Crippen LogP contribution is -2.29. The average Bonchev–Trinajstić information content (AvgIpc) is 3.28. The minimum atomic E-state index is -0.0598. The number of nitrogens with one attached hydrogen (secondary N) is 1. The van der Waals surface area contributed by atoms with Crippen LogP contribution in [-0.2, 0) is 6.54 Å². The molecular formula is C27H26N2OS. The molecule has 1 aliphatic rings. The van der Waals surface area contributed by atoms with E-state index >= 15 is 0 Å². The molecule has 0 saturated carbocycles. The first-order valence-corrected chi connectivity index (χ1v) is 11.8. The lowest BCUT2D eigenvalue weighted by atomic mass is 9.96. The first-order chi connectivity index (χ1) is 15.3. The van der Waals surface area contributed by atoms with Gasteiger partial charge in [0.15, 0.2) is 0 Å². The molecule has 3 aromatic carbocycles. The van der Waals surface area contributed by atoms with Gasteiger partial charge in [0.2, 0.25) is 0 Å². The predicted octanol–water partition coefficient (Wildman–Crippen LogP) is 6.81. The van der Waals surface area contributed by atoms with Crippen LogP contribution in [0.2, 0.25) is 0 Å². The van der Waals surface area contributed by atoms with Crippen molar-refractivity contribution >= 4 is 33.0 Å². The Hall–Kier alpha value is -2.95. The molecule has 1 aliphatic heterocycles. The molecule has 5 rings (SSSR count). The van der Waals surface area contributed by atoms with Gasteiger partial charge in [-0.3, -0.25) is 9.69 Å². The largest absolute Gasteiger partial charge is 0.322 e. The van der Waals surface area contributed by atoms with E-state index < -0.39 is 0 Å². The molecule has 1 aromatic heterocycles. The highest BCUT2D eigenvalue weighted by atomic mass is 32.1. The number of likely N-dealkylation sites (tertiary alicyclic amines) is 1. The summed E-state index contributed by atoms with van der Waals surface area (Å²) < 4.78 is 1.18. The van der Waals surface area contributed by atoms with Gasteiger partial charge in [-0.15, -0.1) is 11.3 Å². The molecule has 1 fully saturated rings. The molecule has 0 aliphatic carbocycles.